The van der Waals surface area contributed by atoms with Crippen LogP contribution in [0.4, 0.5) is 5.95 Å². The number of aromatic nitrogens is 5. The topological polar surface area (TPSA) is 51.2 Å². The molecule has 1 saturated heterocycles. The van der Waals surface area contributed by atoms with E-state index in [1.165, 1.54) is 0 Å². The molecule has 0 N–H and O–H groups in total. The first kappa shape index (κ1) is 11.9. The summed E-state index contributed by atoms with van der Waals surface area (Å²) >= 11 is 3.44. The van der Waals surface area contributed by atoms with Crippen molar-refractivity contribution >= 4 is 27.5 Å². The van der Waals surface area contributed by atoms with Crippen LogP contribution < -0.4 is 4.90 Å². The van der Waals surface area contributed by atoms with E-state index in [-0.39, 0.29) is 0 Å². The van der Waals surface area contributed by atoms with Crippen LogP contribution in [-0.4, -0.2) is 37.5 Å². The second-order valence-electron chi connectivity index (χ2n) is 4.96. The molecule has 0 radical (unpaired) electrons. The molecule has 6 nitrogen and oxygen atoms in total. The van der Waals surface area contributed by atoms with Gasteiger partial charge >= 0.3 is 0 Å². The molecule has 1 unspecified atom stereocenters. The van der Waals surface area contributed by atoms with Crippen molar-refractivity contribution in [2.45, 2.75) is 12.5 Å². The zero-order valence-corrected chi connectivity index (χ0v) is 12.3. The number of halogens is 1. The fourth-order valence-corrected chi connectivity index (χ4v) is 3.00. The van der Waals surface area contributed by atoms with Gasteiger partial charge in [-0.2, -0.15) is 5.10 Å². The molecule has 3 aromatic heterocycles. The van der Waals surface area contributed by atoms with Crippen LogP contribution in [0.3, 0.4) is 0 Å². The first-order valence-corrected chi connectivity index (χ1v) is 7.35. The lowest BCUT2D eigenvalue weighted by molar-refractivity contribution is 0.494. The Labute approximate surface area is 124 Å². The molecule has 1 aliphatic rings. The van der Waals surface area contributed by atoms with Gasteiger partial charge in [-0.15, -0.1) is 10.2 Å². The van der Waals surface area contributed by atoms with Gasteiger partial charge in [-0.1, -0.05) is 6.07 Å². The van der Waals surface area contributed by atoms with Gasteiger partial charge in [0.1, 0.15) is 0 Å². The zero-order valence-electron chi connectivity index (χ0n) is 10.7. The predicted octanol–water partition coefficient (Wildman–Crippen LogP) is 2.14. The van der Waals surface area contributed by atoms with Crippen molar-refractivity contribution in [2.75, 3.05) is 18.0 Å². The van der Waals surface area contributed by atoms with E-state index in [0.29, 0.717) is 6.04 Å². The maximum atomic E-state index is 4.38. The Kier molecular flexibility index (Phi) is 2.73. The van der Waals surface area contributed by atoms with Crippen LogP contribution in [-0.2, 0) is 0 Å². The number of pyridine rings is 1. The second kappa shape index (κ2) is 4.59. The fraction of sp³-hybridized carbons (Fsp3) is 0.308. The molecule has 0 saturated carbocycles. The van der Waals surface area contributed by atoms with Crippen LogP contribution in [0.15, 0.2) is 41.3 Å². The maximum absolute atomic E-state index is 4.38. The van der Waals surface area contributed by atoms with Crippen LogP contribution in [0.5, 0.6) is 0 Å². The van der Waals surface area contributed by atoms with Crippen LogP contribution in [0, 0.1) is 0 Å². The van der Waals surface area contributed by atoms with Crippen molar-refractivity contribution < 1.29 is 0 Å². The average molecular weight is 333 g/mol. The molecule has 0 aromatic carbocycles. The summed E-state index contributed by atoms with van der Waals surface area (Å²) in [6, 6.07) is 6.33. The summed E-state index contributed by atoms with van der Waals surface area (Å²) in [4.78, 5) is 2.26. The van der Waals surface area contributed by atoms with Crippen LogP contribution in [0.1, 0.15) is 12.5 Å². The van der Waals surface area contributed by atoms with E-state index < -0.39 is 0 Å². The highest BCUT2D eigenvalue weighted by Crippen LogP contribution is 2.26. The van der Waals surface area contributed by atoms with E-state index in [1.54, 1.807) is 0 Å². The summed E-state index contributed by atoms with van der Waals surface area (Å²) in [6.45, 7) is 1.88. The monoisotopic (exact) mass is 332 g/mol. The number of rotatable bonds is 2. The highest BCUT2D eigenvalue weighted by Gasteiger charge is 2.27. The first-order chi connectivity index (χ1) is 9.81. The Bertz CT molecular complexity index is 748. The smallest absolute Gasteiger partial charge is 0.231 e. The second-order valence-corrected chi connectivity index (χ2v) is 5.87. The molecular formula is C13H13BrN6. The molecule has 0 amide bonds. The maximum Gasteiger partial charge on any atom is 0.231 e. The van der Waals surface area contributed by atoms with Gasteiger partial charge in [-0.05, 0) is 34.5 Å². The summed E-state index contributed by atoms with van der Waals surface area (Å²) < 4.78 is 5.07. The van der Waals surface area contributed by atoms with Gasteiger partial charge in [0.2, 0.25) is 5.95 Å². The normalized spacial score (nSPS) is 19.1. The zero-order chi connectivity index (χ0) is 13.5. The van der Waals surface area contributed by atoms with Gasteiger partial charge in [0, 0.05) is 25.5 Å². The van der Waals surface area contributed by atoms with Gasteiger partial charge in [0.05, 0.1) is 16.7 Å². The van der Waals surface area contributed by atoms with Gasteiger partial charge in [-0.25, -0.2) is 0 Å². The fourth-order valence-electron chi connectivity index (χ4n) is 2.70. The minimum absolute atomic E-state index is 0.386. The van der Waals surface area contributed by atoms with Crippen LogP contribution in [0.25, 0.3) is 5.65 Å². The Hall–Kier alpha value is -1.89. The highest BCUT2D eigenvalue weighted by molar-refractivity contribution is 9.10. The Morgan fingerprint density at radius 3 is 3.05 bits per heavy atom. The molecule has 1 fully saturated rings. The van der Waals surface area contributed by atoms with E-state index in [0.717, 1.165) is 35.6 Å². The molecule has 7 heteroatoms. The summed E-state index contributed by atoms with van der Waals surface area (Å²) in [5.41, 5.74) is 0.882. The molecule has 0 bridgehead atoms. The first-order valence-electron chi connectivity index (χ1n) is 6.55. The van der Waals surface area contributed by atoms with Crippen molar-refractivity contribution in [2.24, 2.45) is 0 Å². The Morgan fingerprint density at radius 2 is 2.20 bits per heavy atom. The largest absolute Gasteiger partial charge is 0.338 e. The summed E-state index contributed by atoms with van der Waals surface area (Å²) in [6.07, 6.45) is 6.92. The number of fused-ring (bicyclic) bond motifs is 1. The summed E-state index contributed by atoms with van der Waals surface area (Å²) in [7, 11) is 0. The molecule has 0 spiro atoms. The minimum atomic E-state index is 0.386. The van der Waals surface area contributed by atoms with Crippen molar-refractivity contribution in [3.8, 4) is 0 Å². The third-order valence-electron chi connectivity index (χ3n) is 3.69. The average Bonchev–Trinajstić information content (AvgIpc) is 3.15. The van der Waals surface area contributed by atoms with E-state index in [1.807, 2.05) is 45.9 Å². The van der Waals surface area contributed by atoms with E-state index in [2.05, 4.69) is 36.1 Å². The van der Waals surface area contributed by atoms with E-state index >= 15 is 0 Å². The van der Waals surface area contributed by atoms with Crippen LogP contribution in [0.2, 0.25) is 0 Å². The molecule has 0 aliphatic carbocycles. The molecule has 102 valence electrons. The number of hydrogen-bond acceptors (Lipinski definition) is 4. The van der Waals surface area contributed by atoms with Crippen molar-refractivity contribution in [3.05, 3.63) is 41.3 Å². The molecule has 1 aliphatic heterocycles. The Balaban J connectivity index is 1.62. The SMILES string of the molecule is Brc1cnn(C2CCN(c3nnc4ccccn34)C2)c1. The van der Waals surface area contributed by atoms with Crippen molar-refractivity contribution in [1.29, 1.82) is 0 Å². The van der Waals surface area contributed by atoms with Crippen molar-refractivity contribution in [3.63, 3.8) is 0 Å². The molecule has 4 heterocycles. The lowest BCUT2D eigenvalue weighted by Crippen LogP contribution is -2.23. The number of hydrogen-bond donors (Lipinski definition) is 0. The van der Waals surface area contributed by atoms with Gasteiger partial charge in [0.25, 0.3) is 0 Å². The number of nitrogens with zero attached hydrogens (tertiary/aromatic N) is 6. The van der Waals surface area contributed by atoms with Gasteiger partial charge < -0.3 is 4.90 Å². The van der Waals surface area contributed by atoms with E-state index in [9.17, 15) is 0 Å². The molecule has 20 heavy (non-hydrogen) atoms. The van der Waals surface area contributed by atoms with Crippen molar-refractivity contribution in [1.82, 2.24) is 24.4 Å². The molecule has 3 aromatic rings. The minimum Gasteiger partial charge on any atom is -0.338 e. The quantitative estimate of drug-likeness (QED) is 0.721. The standard InChI is InChI=1S/C13H13BrN6/c14-10-7-15-20(8-10)11-4-6-18(9-11)13-17-16-12-3-1-2-5-19(12)13/h1-3,5,7-8,11H,4,6,9H2. The lowest BCUT2D eigenvalue weighted by atomic mass is 10.3. The lowest BCUT2D eigenvalue weighted by Gasteiger charge is -2.16. The summed E-state index contributed by atoms with van der Waals surface area (Å²) in [5.74, 6) is 0.911. The molecule has 4 rings (SSSR count). The van der Waals surface area contributed by atoms with Gasteiger partial charge in [0.15, 0.2) is 5.65 Å². The summed E-state index contributed by atoms with van der Waals surface area (Å²) in [5, 5.41) is 12.9. The Morgan fingerprint density at radius 1 is 1.25 bits per heavy atom. The van der Waals surface area contributed by atoms with Gasteiger partial charge in [-0.3, -0.25) is 9.08 Å². The molecular weight excluding hydrogens is 320 g/mol. The number of anilines is 1. The highest BCUT2D eigenvalue weighted by atomic mass is 79.9. The molecule has 1 atom stereocenters. The van der Waals surface area contributed by atoms with Crippen LogP contribution >= 0.6 is 15.9 Å². The third-order valence-corrected chi connectivity index (χ3v) is 4.10. The predicted molar refractivity (Wildman–Crippen MR) is 78.8 cm³/mol. The van der Waals surface area contributed by atoms with E-state index in [4.69, 9.17) is 0 Å². The third kappa shape index (κ3) is 1.89.